The number of hydrogen-bond acceptors (Lipinski definition) is 6. The fourth-order valence-corrected chi connectivity index (χ4v) is 2.53. The maximum Gasteiger partial charge on any atom is 0.251 e. The molecule has 0 aliphatic carbocycles. The van der Waals surface area contributed by atoms with Gasteiger partial charge < -0.3 is 9.51 Å². The van der Waals surface area contributed by atoms with Gasteiger partial charge in [-0.05, 0) is 6.92 Å². The number of aromatic amines is 1. The Morgan fingerprint density at radius 2 is 2.05 bits per heavy atom. The number of rotatable bonds is 4. The first-order valence-electron chi connectivity index (χ1n) is 6.29. The predicted octanol–water partition coefficient (Wildman–Crippen LogP) is 2.42. The van der Waals surface area contributed by atoms with E-state index >= 15 is 0 Å². The first-order chi connectivity index (χ1) is 10.2. The predicted molar refractivity (Wildman–Crippen MR) is 78.9 cm³/mol. The van der Waals surface area contributed by atoms with E-state index in [1.165, 1.54) is 17.8 Å². The van der Waals surface area contributed by atoms with Crippen molar-refractivity contribution in [3.63, 3.8) is 0 Å². The summed E-state index contributed by atoms with van der Waals surface area (Å²) >= 11 is 1.35. The van der Waals surface area contributed by atoms with Gasteiger partial charge in [-0.15, -0.1) is 0 Å². The lowest BCUT2D eigenvalue weighted by molar-refractivity contribution is 0.391. The molecule has 2 aromatic heterocycles. The Bertz CT molecular complexity index is 798. The number of H-pyrrole nitrogens is 1. The lowest BCUT2D eigenvalue weighted by atomic mass is 10.2. The monoisotopic (exact) mass is 300 g/mol. The molecule has 1 aromatic carbocycles. The van der Waals surface area contributed by atoms with Crippen molar-refractivity contribution < 1.29 is 4.52 Å². The van der Waals surface area contributed by atoms with Gasteiger partial charge in [0.05, 0.1) is 5.75 Å². The van der Waals surface area contributed by atoms with Crippen molar-refractivity contribution in [1.29, 1.82) is 0 Å². The van der Waals surface area contributed by atoms with Crippen molar-refractivity contribution in [1.82, 2.24) is 20.1 Å². The molecule has 0 bridgehead atoms. The van der Waals surface area contributed by atoms with Crippen LogP contribution >= 0.6 is 11.8 Å². The second-order valence-corrected chi connectivity index (χ2v) is 5.32. The molecule has 0 aliphatic rings. The molecule has 0 atom stereocenters. The first kappa shape index (κ1) is 13.6. The minimum atomic E-state index is -0.166. The Hall–Kier alpha value is -2.41. The lowest BCUT2D eigenvalue weighted by Crippen LogP contribution is -2.08. The number of benzene rings is 1. The summed E-state index contributed by atoms with van der Waals surface area (Å²) in [4.78, 5) is 22.6. The summed E-state index contributed by atoms with van der Waals surface area (Å²) < 4.78 is 5.20. The lowest BCUT2D eigenvalue weighted by Gasteiger charge is -1.98. The molecule has 0 aliphatic heterocycles. The van der Waals surface area contributed by atoms with Gasteiger partial charge >= 0.3 is 0 Å². The van der Waals surface area contributed by atoms with Gasteiger partial charge in [-0.25, -0.2) is 4.98 Å². The van der Waals surface area contributed by atoms with Crippen LogP contribution in [-0.4, -0.2) is 20.1 Å². The van der Waals surface area contributed by atoms with Gasteiger partial charge in [0.25, 0.3) is 5.56 Å². The van der Waals surface area contributed by atoms with Crippen LogP contribution in [0.25, 0.3) is 11.4 Å². The van der Waals surface area contributed by atoms with E-state index in [2.05, 4.69) is 20.1 Å². The van der Waals surface area contributed by atoms with E-state index in [4.69, 9.17) is 4.52 Å². The summed E-state index contributed by atoms with van der Waals surface area (Å²) in [5.74, 6) is 1.49. The van der Waals surface area contributed by atoms with Crippen LogP contribution in [0.2, 0.25) is 0 Å². The van der Waals surface area contributed by atoms with E-state index < -0.39 is 0 Å². The minimum Gasteiger partial charge on any atom is -0.338 e. The van der Waals surface area contributed by atoms with E-state index in [0.29, 0.717) is 28.3 Å². The van der Waals surface area contributed by atoms with E-state index in [1.807, 2.05) is 30.3 Å². The van der Waals surface area contributed by atoms with Crippen LogP contribution in [0.3, 0.4) is 0 Å². The average Bonchev–Trinajstić information content (AvgIpc) is 2.94. The molecule has 21 heavy (non-hydrogen) atoms. The standard InChI is InChI=1S/C14H12N4O2S/c1-9-7-11(19)16-14(15-9)21-8-12-17-13(18-20-12)10-5-3-2-4-6-10/h2-7H,8H2,1H3,(H,15,16,19). The topological polar surface area (TPSA) is 84.7 Å². The van der Waals surface area contributed by atoms with Crippen LogP contribution in [0.15, 0.2) is 50.9 Å². The number of thioether (sulfide) groups is 1. The molecule has 1 N–H and O–H groups in total. The molecule has 3 aromatic rings. The molecule has 2 heterocycles. The fourth-order valence-electron chi connectivity index (χ4n) is 1.77. The zero-order chi connectivity index (χ0) is 14.7. The molecule has 0 saturated carbocycles. The molecule has 106 valence electrons. The third-order valence-electron chi connectivity index (χ3n) is 2.68. The molecule has 0 fully saturated rings. The van der Waals surface area contributed by atoms with E-state index in [-0.39, 0.29) is 5.56 Å². The van der Waals surface area contributed by atoms with Crippen LogP contribution in [-0.2, 0) is 5.75 Å². The van der Waals surface area contributed by atoms with Gasteiger partial charge in [-0.1, -0.05) is 47.3 Å². The zero-order valence-electron chi connectivity index (χ0n) is 11.2. The van der Waals surface area contributed by atoms with Crippen molar-refractivity contribution in [3.8, 4) is 11.4 Å². The summed E-state index contributed by atoms with van der Waals surface area (Å²) in [7, 11) is 0. The van der Waals surface area contributed by atoms with E-state index in [9.17, 15) is 4.79 Å². The number of nitrogens with zero attached hydrogens (tertiary/aromatic N) is 3. The summed E-state index contributed by atoms with van der Waals surface area (Å²) in [5, 5.41) is 4.48. The Balaban J connectivity index is 1.72. The molecular formula is C14H12N4O2S. The van der Waals surface area contributed by atoms with Crippen molar-refractivity contribution in [2.45, 2.75) is 17.8 Å². The van der Waals surface area contributed by atoms with Crippen LogP contribution in [0, 0.1) is 6.92 Å². The van der Waals surface area contributed by atoms with Gasteiger partial charge in [0.2, 0.25) is 11.7 Å². The number of aryl methyl sites for hydroxylation is 1. The normalized spacial score (nSPS) is 10.7. The van der Waals surface area contributed by atoms with E-state index in [1.54, 1.807) is 6.92 Å². The molecule has 6 nitrogen and oxygen atoms in total. The summed E-state index contributed by atoms with van der Waals surface area (Å²) in [5.41, 5.74) is 1.41. The molecule has 0 unspecified atom stereocenters. The number of hydrogen-bond donors (Lipinski definition) is 1. The second kappa shape index (κ2) is 5.92. The van der Waals surface area contributed by atoms with Crippen LogP contribution in [0.4, 0.5) is 0 Å². The van der Waals surface area contributed by atoms with Gasteiger partial charge in [0, 0.05) is 17.3 Å². The third kappa shape index (κ3) is 3.38. The highest BCUT2D eigenvalue weighted by molar-refractivity contribution is 7.98. The smallest absolute Gasteiger partial charge is 0.251 e. The molecule has 7 heteroatoms. The van der Waals surface area contributed by atoms with Crippen molar-refractivity contribution in [3.05, 3.63) is 58.3 Å². The second-order valence-electron chi connectivity index (χ2n) is 4.36. The maximum atomic E-state index is 11.4. The fraction of sp³-hybridized carbons (Fsp3) is 0.143. The molecule has 0 amide bonds. The Kier molecular flexibility index (Phi) is 3.83. The van der Waals surface area contributed by atoms with Gasteiger partial charge in [-0.3, -0.25) is 4.79 Å². The number of aromatic nitrogens is 4. The first-order valence-corrected chi connectivity index (χ1v) is 7.28. The van der Waals surface area contributed by atoms with Gasteiger partial charge in [0.15, 0.2) is 5.16 Å². The molecular weight excluding hydrogens is 288 g/mol. The highest BCUT2D eigenvalue weighted by Gasteiger charge is 2.09. The molecule has 3 rings (SSSR count). The largest absolute Gasteiger partial charge is 0.338 e. The van der Waals surface area contributed by atoms with Gasteiger partial charge in [-0.2, -0.15) is 4.98 Å². The van der Waals surface area contributed by atoms with Crippen LogP contribution in [0.5, 0.6) is 0 Å². The summed E-state index contributed by atoms with van der Waals surface area (Å²) in [6, 6.07) is 11.1. The SMILES string of the molecule is Cc1cc(=O)[nH]c(SCc2nc(-c3ccccc3)no2)n1. The highest BCUT2D eigenvalue weighted by Crippen LogP contribution is 2.20. The molecule has 0 saturated heterocycles. The van der Waals surface area contributed by atoms with Crippen molar-refractivity contribution in [2.24, 2.45) is 0 Å². The highest BCUT2D eigenvalue weighted by atomic mass is 32.2. The van der Waals surface area contributed by atoms with Crippen LogP contribution < -0.4 is 5.56 Å². The Morgan fingerprint density at radius 1 is 1.24 bits per heavy atom. The summed E-state index contributed by atoms with van der Waals surface area (Å²) in [6.45, 7) is 1.78. The number of nitrogens with one attached hydrogen (secondary N) is 1. The zero-order valence-corrected chi connectivity index (χ0v) is 12.1. The van der Waals surface area contributed by atoms with Crippen molar-refractivity contribution in [2.75, 3.05) is 0 Å². The minimum absolute atomic E-state index is 0.166. The third-order valence-corrected chi connectivity index (χ3v) is 3.54. The quantitative estimate of drug-likeness (QED) is 0.588. The summed E-state index contributed by atoms with van der Waals surface area (Å²) in [6.07, 6.45) is 0. The average molecular weight is 300 g/mol. The van der Waals surface area contributed by atoms with Gasteiger partial charge in [0.1, 0.15) is 0 Å². The maximum absolute atomic E-state index is 11.4. The van der Waals surface area contributed by atoms with Crippen LogP contribution in [0.1, 0.15) is 11.6 Å². The van der Waals surface area contributed by atoms with Crippen molar-refractivity contribution >= 4 is 11.8 Å². The van der Waals surface area contributed by atoms with E-state index in [0.717, 1.165) is 5.56 Å². The Labute approximate surface area is 124 Å². The molecule has 0 radical (unpaired) electrons. The Morgan fingerprint density at radius 3 is 2.81 bits per heavy atom. The molecule has 0 spiro atoms.